The van der Waals surface area contributed by atoms with Crippen LogP contribution in [0.5, 0.6) is 0 Å². The molecule has 0 aliphatic carbocycles. The SMILES string of the molecule is C=CCN1C(=O)C(=Cc2cn(Cc3ccccc3[N+](=O)[O-])c3ccccc23)SC1=S. The average Bonchev–Trinajstić information content (AvgIpc) is 3.21. The largest absolute Gasteiger partial charge is 0.342 e. The summed E-state index contributed by atoms with van der Waals surface area (Å²) in [6.07, 6.45) is 5.40. The Morgan fingerprint density at radius 3 is 2.67 bits per heavy atom. The number of nitro benzene ring substituents is 1. The number of hydrogen-bond acceptors (Lipinski definition) is 5. The van der Waals surface area contributed by atoms with E-state index in [9.17, 15) is 14.9 Å². The molecule has 4 rings (SSSR count). The van der Waals surface area contributed by atoms with Crippen LogP contribution in [-0.4, -0.2) is 31.2 Å². The van der Waals surface area contributed by atoms with Crippen molar-refractivity contribution in [3.63, 3.8) is 0 Å². The zero-order valence-corrected chi connectivity index (χ0v) is 17.5. The smallest absolute Gasteiger partial charge is 0.274 e. The number of para-hydroxylation sites is 2. The summed E-state index contributed by atoms with van der Waals surface area (Å²) in [6.45, 7) is 4.40. The average molecular weight is 436 g/mol. The van der Waals surface area contributed by atoms with E-state index in [-0.39, 0.29) is 16.5 Å². The van der Waals surface area contributed by atoms with Crippen LogP contribution in [0.3, 0.4) is 0 Å². The maximum Gasteiger partial charge on any atom is 0.274 e. The predicted octanol–water partition coefficient (Wildman–Crippen LogP) is 4.99. The Hall–Kier alpha value is -3.23. The zero-order chi connectivity index (χ0) is 21.3. The molecule has 1 fully saturated rings. The second-order valence-electron chi connectivity index (χ2n) is 6.70. The Kier molecular flexibility index (Phi) is 5.52. The van der Waals surface area contributed by atoms with Crippen LogP contribution in [0.15, 0.2) is 72.3 Å². The van der Waals surface area contributed by atoms with Crippen LogP contribution in [0, 0.1) is 10.1 Å². The van der Waals surface area contributed by atoms with Crippen molar-refractivity contribution in [2.24, 2.45) is 0 Å². The zero-order valence-electron chi connectivity index (χ0n) is 15.9. The van der Waals surface area contributed by atoms with E-state index >= 15 is 0 Å². The van der Waals surface area contributed by atoms with E-state index in [0.29, 0.717) is 27.9 Å². The van der Waals surface area contributed by atoms with Crippen molar-refractivity contribution in [2.75, 3.05) is 6.54 Å². The number of aromatic nitrogens is 1. The predicted molar refractivity (Wildman–Crippen MR) is 124 cm³/mol. The van der Waals surface area contributed by atoms with Crippen molar-refractivity contribution in [1.29, 1.82) is 0 Å². The number of carbonyl (C=O) groups is 1. The molecule has 0 spiro atoms. The van der Waals surface area contributed by atoms with Crippen molar-refractivity contribution in [2.45, 2.75) is 6.54 Å². The standard InChI is InChI=1S/C22H17N3O3S2/c1-2-11-24-21(26)20(30-22(24)29)12-16-14-23(19-10-6-4-8-17(16)19)13-15-7-3-5-9-18(15)25(27)28/h2-10,12,14H,1,11,13H2. The van der Waals surface area contributed by atoms with E-state index < -0.39 is 0 Å². The molecule has 0 N–H and O–H groups in total. The minimum absolute atomic E-state index is 0.0853. The van der Waals surface area contributed by atoms with Gasteiger partial charge in [0.15, 0.2) is 0 Å². The number of thioether (sulfide) groups is 1. The van der Waals surface area contributed by atoms with E-state index in [1.807, 2.05) is 41.1 Å². The molecule has 0 bridgehead atoms. The molecule has 1 amide bonds. The van der Waals surface area contributed by atoms with Gasteiger partial charge in [0, 0.05) is 40.8 Å². The number of fused-ring (bicyclic) bond motifs is 1. The van der Waals surface area contributed by atoms with E-state index in [4.69, 9.17) is 12.2 Å². The van der Waals surface area contributed by atoms with Gasteiger partial charge in [0.25, 0.3) is 11.6 Å². The van der Waals surface area contributed by atoms with Gasteiger partial charge in [0.1, 0.15) is 4.32 Å². The van der Waals surface area contributed by atoms with Crippen LogP contribution in [-0.2, 0) is 11.3 Å². The number of nitrogens with zero attached hydrogens (tertiary/aromatic N) is 3. The highest BCUT2D eigenvalue weighted by atomic mass is 32.2. The van der Waals surface area contributed by atoms with Crippen LogP contribution in [0.1, 0.15) is 11.1 Å². The number of hydrogen-bond donors (Lipinski definition) is 0. The lowest BCUT2D eigenvalue weighted by molar-refractivity contribution is -0.385. The highest BCUT2D eigenvalue weighted by Crippen LogP contribution is 2.34. The lowest BCUT2D eigenvalue weighted by atomic mass is 10.1. The third kappa shape index (κ3) is 3.67. The summed E-state index contributed by atoms with van der Waals surface area (Å²) in [7, 11) is 0. The number of nitro groups is 1. The summed E-state index contributed by atoms with van der Waals surface area (Å²) in [4.78, 5) is 25.8. The van der Waals surface area contributed by atoms with Gasteiger partial charge in [-0.05, 0) is 12.1 Å². The lowest BCUT2D eigenvalue weighted by Gasteiger charge is -2.10. The molecular formula is C22H17N3O3S2. The number of carbonyl (C=O) groups excluding carboxylic acids is 1. The molecule has 1 aromatic heterocycles. The molecule has 2 aromatic carbocycles. The highest BCUT2D eigenvalue weighted by molar-refractivity contribution is 8.26. The van der Waals surface area contributed by atoms with E-state index in [1.165, 1.54) is 22.7 Å². The monoisotopic (exact) mass is 435 g/mol. The van der Waals surface area contributed by atoms with Crippen molar-refractivity contribution in [3.05, 3.63) is 93.5 Å². The van der Waals surface area contributed by atoms with Crippen molar-refractivity contribution < 1.29 is 9.72 Å². The second-order valence-corrected chi connectivity index (χ2v) is 8.37. The first kappa shape index (κ1) is 20.1. The van der Waals surface area contributed by atoms with Gasteiger partial charge < -0.3 is 4.57 Å². The van der Waals surface area contributed by atoms with Gasteiger partial charge in [-0.3, -0.25) is 19.8 Å². The fourth-order valence-corrected chi connectivity index (χ4v) is 4.72. The summed E-state index contributed by atoms with van der Waals surface area (Å²) in [5.74, 6) is -0.138. The maximum absolute atomic E-state index is 12.7. The van der Waals surface area contributed by atoms with Crippen LogP contribution in [0.2, 0.25) is 0 Å². The Morgan fingerprint density at radius 2 is 1.90 bits per heavy atom. The molecule has 0 radical (unpaired) electrons. The maximum atomic E-state index is 12.7. The highest BCUT2D eigenvalue weighted by Gasteiger charge is 2.31. The van der Waals surface area contributed by atoms with Crippen molar-refractivity contribution >= 4 is 56.9 Å². The normalized spacial score (nSPS) is 15.3. The number of thiocarbonyl (C=S) groups is 1. The van der Waals surface area contributed by atoms with E-state index in [0.717, 1.165) is 16.5 Å². The molecule has 0 saturated carbocycles. The molecule has 6 nitrogen and oxygen atoms in total. The first-order valence-corrected chi connectivity index (χ1v) is 10.4. The summed E-state index contributed by atoms with van der Waals surface area (Å²) in [5, 5.41) is 12.3. The van der Waals surface area contributed by atoms with Gasteiger partial charge in [-0.15, -0.1) is 6.58 Å². The van der Waals surface area contributed by atoms with Crippen LogP contribution in [0.25, 0.3) is 17.0 Å². The Bertz CT molecular complexity index is 1230. The molecule has 1 aliphatic heterocycles. The van der Waals surface area contributed by atoms with Gasteiger partial charge in [0.05, 0.1) is 16.4 Å². The summed E-state index contributed by atoms with van der Waals surface area (Å²) >= 11 is 6.58. The molecular weight excluding hydrogens is 418 g/mol. The minimum atomic E-state index is -0.368. The van der Waals surface area contributed by atoms with E-state index in [2.05, 4.69) is 6.58 Å². The number of amides is 1. The summed E-state index contributed by atoms with van der Waals surface area (Å²) in [5.41, 5.74) is 2.50. The fourth-order valence-electron chi connectivity index (χ4n) is 3.45. The molecule has 2 heterocycles. The van der Waals surface area contributed by atoms with Gasteiger partial charge in [-0.1, -0.05) is 66.5 Å². The first-order chi connectivity index (χ1) is 14.5. The van der Waals surface area contributed by atoms with Crippen LogP contribution >= 0.6 is 24.0 Å². The Morgan fingerprint density at radius 1 is 1.17 bits per heavy atom. The Labute approximate surface area is 182 Å². The third-order valence-electron chi connectivity index (χ3n) is 4.82. The summed E-state index contributed by atoms with van der Waals surface area (Å²) < 4.78 is 2.48. The Balaban J connectivity index is 1.76. The number of rotatable bonds is 6. The molecule has 0 unspecified atom stereocenters. The molecule has 8 heteroatoms. The summed E-state index contributed by atoms with van der Waals surface area (Å²) in [6, 6.07) is 14.5. The molecule has 1 saturated heterocycles. The quantitative estimate of drug-likeness (QED) is 0.179. The fraction of sp³-hybridized carbons (Fsp3) is 0.0909. The van der Waals surface area contributed by atoms with Gasteiger partial charge >= 0.3 is 0 Å². The van der Waals surface area contributed by atoms with Crippen LogP contribution < -0.4 is 0 Å². The van der Waals surface area contributed by atoms with Gasteiger partial charge in [-0.2, -0.15) is 0 Å². The van der Waals surface area contributed by atoms with Crippen LogP contribution in [0.4, 0.5) is 5.69 Å². The van der Waals surface area contributed by atoms with Crippen molar-refractivity contribution in [1.82, 2.24) is 9.47 Å². The second kappa shape index (κ2) is 8.25. The van der Waals surface area contributed by atoms with E-state index in [1.54, 1.807) is 24.3 Å². The topological polar surface area (TPSA) is 68.4 Å². The first-order valence-electron chi connectivity index (χ1n) is 9.16. The molecule has 1 aliphatic rings. The molecule has 3 aromatic rings. The molecule has 0 atom stereocenters. The minimum Gasteiger partial charge on any atom is -0.342 e. The van der Waals surface area contributed by atoms with Crippen molar-refractivity contribution in [3.8, 4) is 0 Å². The number of benzene rings is 2. The van der Waals surface area contributed by atoms with Gasteiger partial charge in [0.2, 0.25) is 0 Å². The lowest BCUT2D eigenvalue weighted by Crippen LogP contribution is -2.27. The third-order valence-corrected chi connectivity index (χ3v) is 6.20. The molecule has 30 heavy (non-hydrogen) atoms. The van der Waals surface area contributed by atoms with Gasteiger partial charge in [-0.25, -0.2) is 0 Å². The molecule has 150 valence electrons.